The Balaban J connectivity index is 2.63. The molecule has 3 heteroatoms. The molecule has 0 radical (unpaired) electrons. The standard InChI is InChI=1S/C16H27NO2/c1-5-15(18)11-19-16-7-6-13(4)8-14(16)10-17-9-12(2)3/h6-8,12,15,17-18H,5,9-11H2,1-4H3. The molecule has 0 heterocycles. The Labute approximate surface area is 117 Å². The topological polar surface area (TPSA) is 41.5 Å². The number of aliphatic hydroxyl groups excluding tert-OH is 1. The molecule has 0 aromatic heterocycles. The highest BCUT2D eigenvalue weighted by atomic mass is 16.5. The molecule has 19 heavy (non-hydrogen) atoms. The first-order chi connectivity index (χ1) is 9.02. The summed E-state index contributed by atoms with van der Waals surface area (Å²) in [5, 5.41) is 13.0. The van der Waals surface area contributed by atoms with Crippen LogP contribution in [-0.4, -0.2) is 24.4 Å². The molecule has 3 nitrogen and oxygen atoms in total. The maximum Gasteiger partial charge on any atom is 0.123 e. The Kier molecular flexibility index (Phi) is 6.89. The van der Waals surface area contributed by atoms with E-state index in [1.54, 1.807) is 0 Å². The molecule has 0 aliphatic heterocycles. The maximum atomic E-state index is 9.57. The monoisotopic (exact) mass is 265 g/mol. The molecule has 0 saturated heterocycles. The first-order valence-electron chi connectivity index (χ1n) is 7.14. The predicted molar refractivity (Wildman–Crippen MR) is 79.5 cm³/mol. The van der Waals surface area contributed by atoms with Gasteiger partial charge in [0.05, 0.1) is 6.10 Å². The molecular weight excluding hydrogens is 238 g/mol. The van der Waals surface area contributed by atoms with E-state index in [9.17, 15) is 5.11 Å². The summed E-state index contributed by atoms with van der Waals surface area (Å²) in [6, 6.07) is 6.17. The van der Waals surface area contributed by atoms with Crippen LogP contribution in [0.3, 0.4) is 0 Å². The average molecular weight is 265 g/mol. The van der Waals surface area contributed by atoms with E-state index < -0.39 is 6.10 Å². The maximum absolute atomic E-state index is 9.57. The smallest absolute Gasteiger partial charge is 0.123 e. The largest absolute Gasteiger partial charge is 0.491 e. The van der Waals surface area contributed by atoms with Crippen molar-refractivity contribution in [2.45, 2.75) is 46.8 Å². The van der Waals surface area contributed by atoms with Gasteiger partial charge in [0.25, 0.3) is 0 Å². The second-order valence-corrected chi connectivity index (χ2v) is 5.51. The number of hydrogen-bond acceptors (Lipinski definition) is 3. The summed E-state index contributed by atoms with van der Waals surface area (Å²) in [4.78, 5) is 0. The van der Waals surface area contributed by atoms with Gasteiger partial charge in [0.15, 0.2) is 0 Å². The van der Waals surface area contributed by atoms with Crippen LogP contribution in [0.5, 0.6) is 5.75 Å². The molecule has 0 spiro atoms. The van der Waals surface area contributed by atoms with Crippen molar-refractivity contribution in [3.05, 3.63) is 29.3 Å². The first-order valence-corrected chi connectivity index (χ1v) is 7.14. The molecule has 1 unspecified atom stereocenters. The molecule has 0 bridgehead atoms. The van der Waals surface area contributed by atoms with Gasteiger partial charge in [0, 0.05) is 12.1 Å². The van der Waals surface area contributed by atoms with Crippen LogP contribution < -0.4 is 10.1 Å². The Hall–Kier alpha value is -1.06. The van der Waals surface area contributed by atoms with Gasteiger partial charge in [-0.15, -0.1) is 0 Å². The Bertz CT molecular complexity index is 377. The van der Waals surface area contributed by atoms with Crippen LogP contribution in [0.1, 0.15) is 38.3 Å². The Morgan fingerprint density at radius 3 is 2.68 bits per heavy atom. The summed E-state index contributed by atoms with van der Waals surface area (Å²) in [5.41, 5.74) is 2.38. The van der Waals surface area contributed by atoms with Crippen molar-refractivity contribution in [3.63, 3.8) is 0 Å². The van der Waals surface area contributed by atoms with E-state index in [2.05, 4.69) is 32.2 Å². The predicted octanol–water partition coefficient (Wildman–Crippen LogP) is 2.89. The minimum absolute atomic E-state index is 0.358. The highest BCUT2D eigenvalue weighted by molar-refractivity contribution is 5.36. The lowest BCUT2D eigenvalue weighted by Gasteiger charge is -2.15. The second-order valence-electron chi connectivity index (χ2n) is 5.51. The van der Waals surface area contributed by atoms with Gasteiger partial charge < -0.3 is 15.2 Å². The average Bonchev–Trinajstić information content (AvgIpc) is 2.37. The molecule has 2 N–H and O–H groups in total. The number of ether oxygens (including phenoxy) is 1. The molecular formula is C16H27NO2. The molecule has 1 aromatic carbocycles. The van der Waals surface area contributed by atoms with Crippen molar-refractivity contribution in [2.75, 3.05) is 13.2 Å². The van der Waals surface area contributed by atoms with Gasteiger partial charge >= 0.3 is 0 Å². The van der Waals surface area contributed by atoms with Gasteiger partial charge in [-0.25, -0.2) is 0 Å². The molecule has 1 aromatic rings. The quantitative estimate of drug-likeness (QED) is 0.759. The van der Waals surface area contributed by atoms with Crippen molar-refractivity contribution in [1.29, 1.82) is 0 Å². The Morgan fingerprint density at radius 1 is 1.32 bits per heavy atom. The summed E-state index contributed by atoms with van der Waals surface area (Å²) >= 11 is 0. The lowest BCUT2D eigenvalue weighted by atomic mass is 10.1. The minimum Gasteiger partial charge on any atom is -0.491 e. The summed E-state index contributed by atoms with van der Waals surface area (Å²) in [7, 11) is 0. The van der Waals surface area contributed by atoms with E-state index in [0.29, 0.717) is 18.9 Å². The number of aliphatic hydroxyl groups is 1. The zero-order chi connectivity index (χ0) is 14.3. The number of nitrogens with one attached hydrogen (secondary N) is 1. The van der Waals surface area contributed by atoms with Gasteiger partial charge in [0.2, 0.25) is 0 Å². The number of benzene rings is 1. The third-order valence-electron chi connectivity index (χ3n) is 2.99. The van der Waals surface area contributed by atoms with Crippen molar-refractivity contribution < 1.29 is 9.84 Å². The van der Waals surface area contributed by atoms with Gasteiger partial charge in [-0.2, -0.15) is 0 Å². The zero-order valence-electron chi connectivity index (χ0n) is 12.6. The summed E-state index contributed by atoms with van der Waals surface area (Å²) in [6.07, 6.45) is 0.324. The molecule has 0 fully saturated rings. The van der Waals surface area contributed by atoms with Gasteiger partial charge in [-0.05, 0) is 31.9 Å². The summed E-state index contributed by atoms with van der Waals surface area (Å²) in [5.74, 6) is 1.51. The van der Waals surface area contributed by atoms with Crippen LogP contribution in [0.4, 0.5) is 0 Å². The first kappa shape index (κ1) is 16.0. The molecule has 0 amide bonds. The zero-order valence-corrected chi connectivity index (χ0v) is 12.6. The molecule has 0 aliphatic carbocycles. The molecule has 1 rings (SSSR count). The van der Waals surface area contributed by atoms with Crippen LogP contribution in [0.25, 0.3) is 0 Å². The molecule has 108 valence electrons. The summed E-state index contributed by atoms with van der Waals surface area (Å²) < 4.78 is 5.71. The fraction of sp³-hybridized carbons (Fsp3) is 0.625. The summed E-state index contributed by atoms with van der Waals surface area (Å²) in [6.45, 7) is 10.6. The van der Waals surface area contributed by atoms with Gasteiger partial charge in [-0.1, -0.05) is 38.5 Å². The fourth-order valence-electron chi connectivity index (χ4n) is 1.79. The van der Waals surface area contributed by atoms with E-state index in [0.717, 1.165) is 24.4 Å². The Morgan fingerprint density at radius 2 is 2.05 bits per heavy atom. The highest BCUT2D eigenvalue weighted by Crippen LogP contribution is 2.20. The minimum atomic E-state index is -0.391. The number of rotatable bonds is 8. The van der Waals surface area contributed by atoms with Crippen LogP contribution in [0.2, 0.25) is 0 Å². The highest BCUT2D eigenvalue weighted by Gasteiger charge is 2.07. The van der Waals surface area contributed by atoms with Crippen molar-refractivity contribution >= 4 is 0 Å². The molecule has 1 atom stereocenters. The van der Waals surface area contributed by atoms with Crippen LogP contribution in [0, 0.1) is 12.8 Å². The lowest BCUT2D eigenvalue weighted by molar-refractivity contribution is 0.104. The molecule has 0 aliphatic rings. The molecule has 0 saturated carbocycles. The number of aryl methyl sites for hydroxylation is 1. The normalized spacial score (nSPS) is 12.7. The van der Waals surface area contributed by atoms with Crippen molar-refractivity contribution in [2.24, 2.45) is 5.92 Å². The van der Waals surface area contributed by atoms with Crippen molar-refractivity contribution in [1.82, 2.24) is 5.32 Å². The van der Waals surface area contributed by atoms with Crippen LogP contribution >= 0.6 is 0 Å². The van der Waals surface area contributed by atoms with E-state index in [4.69, 9.17) is 4.74 Å². The van der Waals surface area contributed by atoms with Gasteiger partial charge in [0.1, 0.15) is 12.4 Å². The van der Waals surface area contributed by atoms with E-state index in [1.807, 2.05) is 19.1 Å². The van der Waals surface area contributed by atoms with Crippen LogP contribution in [-0.2, 0) is 6.54 Å². The van der Waals surface area contributed by atoms with E-state index in [-0.39, 0.29) is 0 Å². The van der Waals surface area contributed by atoms with E-state index in [1.165, 1.54) is 5.56 Å². The lowest BCUT2D eigenvalue weighted by Crippen LogP contribution is -2.21. The van der Waals surface area contributed by atoms with Crippen molar-refractivity contribution in [3.8, 4) is 5.75 Å². The second kappa shape index (κ2) is 8.18. The third-order valence-corrected chi connectivity index (χ3v) is 2.99. The van der Waals surface area contributed by atoms with Crippen LogP contribution in [0.15, 0.2) is 18.2 Å². The SMILES string of the molecule is CCC(O)COc1ccc(C)cc1CNCC(C)C. The third kappa shape index (κ3) is 6.08. The number of hydrogen-bond donors (Lipinski definition) is 2. The van der Waals surface area contributed by atoms with Gasteiger partial charge in [-0.3, -0.25) is 0 Å². The van der Waals surface area contributed by atoms with E-state index >= 15 is 0 Å². The fourth-order valence-corrected chi connectivity index (χ4v) is 1.79.